The van der Waals surface area contributed by atoms with Gasteiger partial charge in [-0.1, -0.05) is 36.4 Å². The molecule has 3 aromatic carbocycles. The van der Waals surface area contributed by atoms with Gasteiger partial charge < -0.3 is 10.4 Å². The first-order valence-corrected chi connectivity index (χ1v) is 12.7. The fourth-order valence-corrected chi connectivity index (χ4v) is 4.22. The first-order chi connectivity index (χ1) is 20.0. The summed E-state index contributed by atoms with van der Waals surface area (Å²) < 4.78 is 54.3. The zero-order chi connectivity index (χ0) is 30.9. The van der Waals surface area contributed by atoms with Crippen LogP contribution in [0.3, 0.4) is 0 Å². The first-order valence-electron chi connectivity index (χ1n) is 12.7. The molecule has 1 heterocycles. The Labute approximate surface area is 239 Å². The minimum atomic E-state index is -4.60. The van der Waals surface area contributed by atoms with Crippen LogP contribution in [0.1, 0.15) is 39.7 Å². The molecule has 0 atom stereocenters. The number of carbonyl (C=O) groups excluding carboxylic acids is 2. The van der Waals surface area contributed by atoms with Crippen LogP contribution in [0.15, 0.2) is 78.9 Å². The number of amides is 2. The van der Waals surface area contributed by atoms with Crippen LogP contribution in [0, 0.1) is 12.7 Å². The molecule has 0 spiro atoms. The summed E-state index contributed by atoms with van der Waals surface area (Å²) >= 11 is 0. The van der Waals surface area contributed by atoms with Gasteiger partial charge in [0.25, 0.3) is 12.4 Å². The molecule has 0 saturated carbocycles. The Morgan fingerprint density at radius 2 is 1.67 bits per heavy atom. The molecule has 0 fully saturated rings. The number of aromatic nitrogens is 2. The molecule has 0 aliphatic rings. The van der Waals surface area contributed by atoms with Crippen molar-refractivity contribution in [3.63, 3.8) is 0 Å². The number of hydrogen-bond acceptors (Lipinski definition) is 4. The first kappa shape index (κ1) is 31.5. The zero-order valence-corrected chi connectivity index (χ0v) is 22.7. The van der Waals surface area contributed by atoms with E-state index in [0.29, 0.717) is 23.6 Å². The van der Waals surface area contributed by atoms with Crippen LogP contribution < -0.4 is 10.2 Å². The predicted octanol–water partition coefficient (Wildman–Crippen LogP) is 5.41. The Bertz CT molecular complexity index is 1520. The lowest BCUT2D eigenvalue weighted by Crippen LogP contribution is -2.41. The van der Waals surface area contributed by atoms with Crippen molar-refractivity contribution in [1.82, 2.24) is 15.1 Å². The number of anilines is 1. The van der Waals surface area contributed by atoms with Gasteiger partial charge in [-0.25, -0.2) is 9.07 Å². The lowest BCUT2D eigenvalue weighted by Gasteiger charge is -2.24. The van der Waals surface area contributed by atoms with Crippen molar-refractivity contribution in [2.24, 2.45) is 0 Å². The van der Waals surface area contributed by atoms with Crippen molar-refractivity contribution in [3.05, 3.63) is 113 Å². The second kappa shape index (κ2) is 14.1. The quantitative estimate of drug-likeness (QED) is 0.213. The maximum atomic E-state index is 13.5. The Morgan fingerprint density at radius 3 is 2.26 bits per heavy atom. The van der Waals surface area contributed by atoms with Gasteiger partial charge >= 0.3 is 6.18 Å². The van der Waals surface area contributed by atoms with Crippen LogP contribution in [0.25, 0.3) is 5.69 Å². The summed E-state index contributed by atoms with van der Waals surface area (Å²) in [6, 6.07) is 19.2. The van der Waals surface area contributed by atoms with Gasteiger partial charge in [0.1, 0.15) is 11.6 Å². The SMILES string of the molecule is CCN(C(=O)CNC(=O)c1cccc(C(F)(F)F)c1)c1c(Cc2ccc(F)cc2)c(C)nn1-c1ccccc1.O=CO. The summed E-state index contributed by atoms with van der Waals surface area (Å²) in [5.41, 5.74) is 1.77. The normalized spacial score (nSPS) is 10.8. The maximum Gasteiger partial charge on any atom is 0.416 e. The minimum Gasteiger partial charge on any atom is -0.483 e. The van der Waals surface area contributed by atoms with Crippen LogP contribution in [0.4, 0.5) is 23.4 Å². The molecule has 8 nitrogen and oxygen atoms in total. The second-order valence-corrected chi connectivity index (χ2v) is 8.94. The van der Waals surface area contributed by atoms with Crippen molar-refractivity contribution < 1.29 is 37.1 Å². The van der Waals surface area contributed by atoms with Crippen LogP contribution in [-0.2, 0) is 22.2 Å². The minimum absolute atomic E-state index is 0.206. The summed E-state index contributed by atoms with van der Waals surface area (Å²) in [6.45, 7) is 3.12. The maximum absolute atomic E-state index is 13.5. The smallest absolute Gasteiger partial charge is 0.416 e. The Kier molecular flexibility index (Phi) is 10.6. The van der Waals surface area contributed by atoms with Crippen LogP contribution in [0.2, 0.25) is 0 Å². The van der Waals surface area contributed by atoms with E-state index in [1.54, 1.807) is 23.7 Å². The van der Waals surface area contributed by atoms with Crippen molar-refractivity contribution >= 4 is 24.1 Å². The molecule has 12 heteroatoms. The number of nitrogens with zero attached hydrogens (tertiary/aromatic N) is 3. The van der Waals surface area contributed by atoms with E-state index in [2.05, 4.69) is 10.4 Å². The number of carboxylic acid groups (broad SMARTS) is 1. The Hall–Kier alpha value is -5.00. The summed E-state index contributed by atoms with van der Waals surface area (Å²) in [5.74, 6) is -1.15. The molecule has 0 bridgehead atoms. The van der Waals surface area contributed by atoms with Gasteiger partial charge in [-0.3, -0.25) is 19.3 Å². The Morgan fingerprint density at radius 1 is 1.02 bits per heavy atom. The average Bonchev–Trinajstić information content (AvgIpc) is 3.29. The molecular weight excluding hydrogens is 556 g/mol. The highest BCUT2D eigenvalue weighted by molar-refractivity contribution is 6.00. The van der Waals surface area contributed by atoms with Crippen molar-refractivity contribution in [2.75, 3.05) is 18.0 Å². The fourth-order valence-electron chi connectivity index (χ4n) is 4.22. The van der Waals surface area contributed by atoms with E-state index in [1.807, 2.05) is 37.3 Å². The lowest BCUT2D eigenvalue weighted by molar-refractivity contribution is -0.137. The van der Waals surface area contributed by atoms with E-state index in [-0.39, 0.29) is 24.4 Å². The molecule has 0 saturated heterocycles. The molecule has 42 heavy (non-hydrogen) atoms. The molecule has 2 amide bonds. The van der Waals surface area contributed by atoms with Gasteiger partial charge in [-0.05, 0) is 61.9 Å². The highest BCUT2D eigenvalue weighted by atomic mass is 19.4. The van der Waals surface area contributed by atoms with Crippen LogP contribution in [-0.4, -0.2) is 46.3 Å². The topological polar surface area (TPSA) is 105 Å². The molecule has 4 aromatic rings. The van der Waals surface area contributed by atoms with Gasteiger partial charge in [0.15, 0.2) is 0 Å². The fraction of sp³-hybridized carbons (Fsp3) is 0.200. The number of hydrogen-bond donors (Lipinski definition) is 2. The molecule has 0 radical (unpaired) electrons. The monoisotopic (exact) mass is 584 g/mol. The number of halogens is 4. The van der Waals surface area contributed by atoms with Crippen molar-refractivity contribution in [1.29, 1.82) is 0 Å². The highest BCUT2D eigenvalue weighted by Gasteiger charge is 2.31. The van der Waals surface area contributed by atoms with Gasteiger partial charge in [-0.15, -0.1) is 0 Å². The van der Waals surface area contributed by atoms with Crippen LogP contribution in [0.5, 0.6) is 0 Å². The third kappa shape index (κ3) is 7.80. The van der Waals surface area contributed by atoms with Crippen molar-refractivity contribution in [3.8, 4) is 5.69 Å². The van der Waals surface area contributed by atoms with E-state index in [0.717, 1.165) is 29.3 Å². The number of benzene rings is 3. The van der Waals surface area contributed by atoms with E-state index >= 15 is 0 Å². The molecule has 1 aromatic heterocycles. The number of nitrogens with one attached hydrogen (secondary N) is 1. The van der Waals surface area contributed by atoms with Gasteiger partial charge in [-0.2, -0.15) is 18.3 Å². The number of para-hydroxylation sites is 1. The van der Waals surface area contributed by atoms with Gasteiger partial charge in [0, 0.05) is 24.1 Å². The number of rotatable bonds is 8. The van der Waals surface area contributed by atoms with Gasteiger partial charge in [0.05, 0.1) is 23.5 Å². The number of carbonyl (C=O) groups is 3. The van der Waals surface area contributed by atoms with Crippen molar-refractivity contribution in [2.45, 2.75) is 26.4 Å². The van der Waals surface area contributed by atoms with E-state index < -0.39 is 30.1 Å². The number of alkyl halides is 3. The molecule has 0 aliphatic carbocycles. The third-order valence-electron chi connectivity index (χ3n) is 6.18. The Balaban J connectivity index is 0.00000155. The van der Waals surface area contributed by atoms with E-state index in [4.69, 9.17) is 9.90 Å². The number of aryl methyl sites for hydroxylation is 1. The average molecular weight is 585 g/mol. The van der Waals surface area contributed by atoms with E-state index in [9.17, 15) is 27.2 Å². The highest BCUT2D eigenvalue weighted by Crippen LogP contribution is 2.31. The molecular formula is C30H28F4N4O4. The lowest BCUT2D eigenvalue weighted by atomic mass is 10.0. The largest absolute Gasteiger partial charge is 0.483 e. The van der Waals surface area contributed by atoms with Gasteiger partial charge in [0.2, 0.25) is 5.91 Å². The molecule has 220 valence electrons. The summed E-state index contributed by atoms with van der Waals surface area (Å²) in [7, 11) is 0. The predicted molar refractivity (Wildman–Crippen MR) is 148 cm³/mol. The molecule has 4 rings (SSSR count). The standard InChI is InChI=1S/C29H26F4N4O2.CH2O2/c1-3-36(26(38)18-34-27(39)21-8-7-9-22(17-21)29(31,32)33)28-25(16-20-12-14-23(30)15-13-20)19(2)35-37(28)24-10-5-4-6-11-24;2-1-3/h4-15,17H,3,16,18H2,1-2H3,(H,34,39);1H,(H,2,3). The molecule has 0 unspecified atom stereocenters. The molecule has 2 N–H and O–H groups in total. The number of likely N-dealkylation sites (N-methyl/N-ethyl adjacent to an activating group) is 1. The molecule has 0 aliphatic heterocycles. The third-order valence-corrected chi connectivity index (χ3v) is 6.18. The zero-order valence-electron chi connectivity index (χ0n) is 22.7. The van der Waals surface area contributed by atoms with E-state index in [1.165, 1.54) is 23.1 Å². The summed E-state index contributed by atoms with van der Waals surface area (Å²) in [6.07, 6.45) is -4.23. The summed E-state index contributed by atoms with van der Waals surface area (Å²) in [5, 5.41) is 14.0. The summed E-state index contributed by atoms with van der Waals surface area (Å²) in [4.78, 5) is 35.9. The second-order valence-electron chi connectivity index (χ2n) is 8.94. The van der Waals surface area contributed by atoms with Crippen LogP contribution >= 0.6 is 0 Å².